The number of hydrogen-bond donors (Lipinski definition) is 0. The van der Waals surface area contributed by atoms with E-state index in [4.69, 9.17) is 0 Å². The Balaban J connectivity index is 0.00000169. The van der Waals surface area contributed by atoms with E-state index in [0.29, 0.717) is 12.1 Å². The lowest BCUT2D eigenvalue weighted by Crippen LogP contribution is -3.00. The van der Waals surface area contributed by atoms with Gasteiger partial charge in [-0.1, -0.05) is 13.2 Å². The van der Waals surface area contributed by atoms with Crippen molar-refractivity contribution in [2.75, 3.05) is 13.1 Å². The van der Waals surface area contributed by atoms with E-state index in [-0.39, 0.29) is 17.0 Å². The summed E-state index contributed by atoms with van der Waals surface area (Å²) < 4.78 is 1.14. The van der Waals surface area contributed by atoms with E-state index in [2.05, 4.69) is 40.9 Å². The van der Waals surface area contributed by atoms with E-state index < -0.39 is 0 Å². The molecule has 0 aromatic heterocycles. The van der Waals surface area contributed by atoms with Gasteiger partial charge in [-0.2, -0.15) is 0 Å². The average molecular weight is 260 g/mol. The number of nitrogens with zero attached hydrogens (tertiary/aromatic N) is 1. The number of halogens is 1. The van der Waals surface area contributed by atoms with Crippen LogP contribution in [-0.4, -0.2) is 29.7 Å². The fourth-order valence-electron chi connectivity index (χ4n) is 2.32. The van der Waals surface area contributed by atoms with Crippen LogP contribution < -0.4 is 17.0 Å². The fourth-order valence-corrected chi connectivity index (χ4v) is 2.32. The van der Waals surface area contributed by atoms with Crippen LogP contribution in [-0.2, 0) is 0 Å². The van der Waals surface area contributed by atoms with Crippen LogP contribution in [0.3, 0.4) is 0 Å². The maximum Gasteiger partial charge on any atom is 0.105 e. The first kappa shape index (κ1) is 13.9. The van der Waals surface area contributed by atoms with Gasteiger partial charge in [0.15, 0.2) is 0 Å². The molecule has 0 atom stereocenters. The summed E-state index contributed by atoms with van der Waals surface area (Å²) in [6.45, 7) is 19.5. The molecule has 1 nitrogen and oxygen atoms in total. The number of rotatable bonds is 2. The smallest absolute Gasteiger partial charge is 0.105 e. The van der Waals surface area contributed by atoms with Gasteiger partial charge in [0.2, 0.25) is 0 Å². The molecule has 0 aliphatic carbocycles. The van der Waals surface area contributed by atoms with Crippen LogP contribution in [0.5, 0.6) is 0 Å². The van der Waals surface area contributed by atoms with E-state index in [1.54, 1.807) is 0 Å². The molecule has 0 aromatic rings. The largest absolute Gasteiger partial charge is 1.00 e. The van der Waals surface area contributed by atoms with Gasteiger partial charge in [0.05, 0.1) is 12.1 Å². The van der Waals surface area contributed by atoms with Gasteiger partial charge < -0.3 is 21.5 Å². The van der Waals surface area contributed by atoms with Crippen LogP contribution in [0.25, 0.3) is 0 Å². The van der Waals surface area contributed by atoms with Crippen molar-refractivity contribution in [1.82, 2.24) is 0 Å². The molecule has 2 heteroatoms. The van der Waals surface area contributed by atoms with E-state index in [1.165, 1.54) is 11.1 Å². The van der Waals surface area contributed by atoms with Crippen molar-refractivity contribution in [3.63, 3.8) is 0 Å². The minimum Gasteiger partial charge on any atom is -1.00 e. The molecule has 1 heterocycles. The number of quaternary nitrogens is 1. The van der Waals surface area contributed by atoms with Gasteiger partial charge in [-0.25, -0.2) is 0 Å². The topological polar surface area (TPSA) is 0 Å². The number of likely N-dealkylation sites (tertiary alicyclic amines) is 1. The summed E-state index contributed by atoms with van der Waals surface area (Å²) in [6.07, 6.45) is 0. The molecule has 1 aliphatic rings. The molecule has 0 bridgehead atoms. The van der Waals surface area contributed by atoms with Gasteiger partial charge in [-0.3, -0.25) is 0 Å². The third-order valence-corrected chi connectivity index (χ3v) is 3.53. The molecule has 0 unspecified atom stereocenters. The molecule has 0 amide bonds. The molecule has 0 saturated carbocycles. The normalized spacial score (nSPS) is 20.4. The summed E-state index contributed by atoms with van der Waals surface area (Å²) in [7, 11) is 0. The zero-order chi connectivity index (χ0) is 10.2. The van der Waals surface area contributed by atoms with Crippen molar-refractivity contribution < 1.29 is 21.5 Å². The van der Waals surface area contributed by atoms with Crippen LogP contribution in [0.15, 0.2) is 24.3 Å². The van der Waals surface area contributed by atoms with Crippen molar-refractivity contribution in [1.29, 1.82) is 0 Å². The molecule has 1 fully saturated rings. The second kappa shape index (κ2) is 4.63. The van der Waals surface area contributed by atoms with Gasteiger partial charge in [-0.15, -0.1) is 0 Å². The highest BCUT2D eigenvalue weighted by Crippen LogP contribution is 2.32. The van der Waals surface area contributed by atoms with Crippen LogP contribution in [0.1, 0.15) is 27.7 Å². The van der Waals surface area contributed by atoms with Gasteiger partial charge >= 0.3 is 0 Å². The van der Waals surface area contributed by atoms with Gasteiger partial charge in [0, 0.05) is 11.1 Å². The Hall–Kier alpha value is -0.0800. The molecular formula is C12H22BrN. The van der Waals surface area contributed by atoms with Crippen molar-refractivity contribution in [3.05, 3.63) is 24.3 Å². The third-order valence-electron chi connectivity index (χ3n) is 3.53. The summed E-state index contributed by atoms with van der Waals surface area (Å²) in [6, 6.07) is 1.33. The molecule has 14 heavy (non-hydrogen) atoms. The first-order valence-electron chi connectivity index (χ1n) is 5.12. The Kier molecular flexibility index (Phi) is 4.60. The average Bonchev–Trinajstić information content (AvgIpc) is 2.29. The zero-order valence-electron chi connectivity index (χ0n) is 9.81. The lowest BCUT2D eigenvalue weighted by molar-refractivity contribution is -0.951. The summed E-state index contributed by atoms with van der Waals surface area (Å²) in [4.78, 5) is 0. The zero-order valence-corrected chi connectivity index (χ0v) is 11.4. The molecular weight excluding hydrogens is 238 g/mol. The third kappa shape index (κ3) is 2.12. The molecule has 0 spiro atoms. The van der Waals surface area contributed by atoms with Gasteiger partial charge in [0.25, 0.3) is 0 Å². The van der Waals surface area contributed by atoms with E-state index >= 15 is 0 Å². The predicted octanol–water partition coefficient (Wildman–Crippen LogP) is -0.250. The maximum absolute atomic E-state index is 4.08. The number of hydrogen-bond acceptors (Lipinski definition) is 0. The standard InChI is InChI=1S/C12H22N.BrH/c1-9(2)13(10(3)4)7-11(5)12(6)8-13;/h9-10H,5-8H2,1-4H3;1H/q+1;/p-1. The van der Waals surface area contributed by atoms with Crippen LogP contribution in [0, 0.1) is 0 Å². The highest BCUT2D eigenvalue weighted by Gasteiger charge is 2.41. The molecule has 1 rings (SSSR count). The lowest BCUT2D eigenvalue weighted by atomic mass is 10.1. The van der Waals surface area contributed by atoms with Gasteiger partial charge in [-0.05, 0) is 27.7 Å². The lowest BCUT2D eigenvalue weighted by Gasteiger charge is -2.41. The van der Waals surface area contributed by atoms with Crippen LogP contribution in [0.4, 0.5) is 0 Å². The maximum atomic E-state index is 4.08. The summed E-state index contributed by atoms with van der Waals surface area (Å²) >= 11 is 0. The van der Waals surface area contributed by atoms with E-state index in [1.807, 2.05) is 0 Å². The summed E-state index contributed by atoms with van der Waals surface area (Å²) in [5.74, 6) is 0. The minimum absolute atomic E-state index is 0. The van der Waals surface area contributed by atoms with E-state index in [0.717, 1.165) is 17.6 Å². The van der Waals surface area contributed by atoms with Crippen LogP contribution in [0.2, 0.25) is 0 Å². The highest BCUT2D eigenvalue weighted by atomic mass is 79.9. The first-order valence-corrected chi connectivity index (χ1v) is 5.12. The SMILES string of the molecule is C=C1C[N+](C(C)C)(C(C)C)CC1=C.[Br-]. The second-order valence-electron chi connectivity index (χ2n) is 4.81. The van der Waals surface area contributed by atoms with Crippen LogP contribution >= 0.6 is 0 Å². The quantitative estimate of drug-likeness (QED) is 0.601. The van der Waals surface area contributed by atoms with Crippen molar-refractivity contribution in [2.45, 2.75) is 39.8 Å². The predicted molar refractivity (Wildman–Crippen MR) is 58.5 cm³/mol. The monoisotopic (exact) mass is 259 g/mol. The molecule has 1 saturated heterocycles. The van der Waals surface area contributed by atoms with Gasteiger partial charge in [0.1, 0.15) is 13.1 Å². The fraction of sp³-hybridized carbons (Fsp3) is 0.667. The highest BCUT2D eigenvalue weighted by molar-refractivity contribution is 5.29. The Bertz CT molecular complexity index is 215. The molecule has 0 radical (unpaired) electrons. The van der Waals surface area contributed by atoms with E-state index in [9.17, 15) is 0 Å². The molecule has 82 valence electrons. The Morgan fingerprint density at radius 1 is 0.929 bits per heavy atom. The summed E-state index contributed by atoms with van der Waals surface area (Å²) in [5.41, 5.74) is 2.50. The Labute approximate surface area is 98.9 Å². The Morgan fingerprint density at radius 3 is 1.36 bits per heavy atom. The summed E-state index contributed by atoms with van der Waals surface area (Å²) in [5, 5.41) is 0. The van der Waals surface area contributed by atoms with Crippen molar-refractivity contribution in [2.24, 2.45) is 0 Å². The van der Waals surface area contributed by atoms with Crippen molar-refractivity contribution in [3.8, 4) is 0 Å². The van der Waals surface area contributed by atoms with Crippen molar-refractivity contribution >= 4 is 0 Å². The molecule has 0 aromatic carbocycles. The molecule has 1 aliphatic heterocycles. The Morgan fingerprint density at radius 2 is 1.21 bits per heavy atom. The minimum atomic E-state index is 0. The second-order valence-corrected chi connectivity index (χ2v) is 4.81. The first-order chi connectivity index (χ1) is 5.90. The molecule has 0 N–H and O–H groups in total.